The van der Waals surface area contributed by atoms with Crippen LogP contribution in [-0.4, -0.2) is 20.6 Å². The minimum absolute atomic E-state index is 0.201. The molecule has 0 atom stereocenters. The Bertz CT molecular complexity index is 1360. The number of nitrogens with two attached hydrogens (primary N) is 1. The first-order chi connectivity index (χ1) is 13.9. The van der Waals surface area contributed by atoms with E-state index in [2.05, 4.69) is 4.98 Å². The lowest BCUT2D eigenvalue weighted by atomic mass is 10.1. The number of nitriles is 1. The number of hydrogen-bond donors (Lipinski definition) is 3. The molecule has 3 aromatic heterocycles. The van der Waals surface area contributed by atoms with Crippen LogP contribution in [0.25, 0.3) is 27.8 Å². The smallest absolute Gasteiger partial charge is 0.270 e. The van der Waals surface area contributed by atoms with Crippen molar-refractivity contribution >= 4 is 39.9 Å². The molecule has 4 N–H and O–H groups in total. The molecular formula is C20H13ClN4O3S. The lowest BCUT2D eigenvalue weighted by molar-refractivity contribution is -0.117. The van der Waals surface area contributed by atoms with Crippen molar-refractivity contribution in [3.63, 3.8) is 0 Å². The van der Waals surface area contributed by atoms with E-state index in [4.69, 9.17) is 22.6 Å². The van der Waals surface area contributed by atoms with E-state index in [-0.39, 0.29) is 28.6 Å². The minimum Gasteiger partial charge on any atom is -0.504 e. The second-order valence-corrected chi connectivity index (χ2v) is 7.73. The number of rotatable bonds is 4. The van der Waals surface area contributed by atoms with Gasteiger partial charge in [-0.3, -0.25) is 14.2 Å². The number of carbonyl (C=O) groups excluding carboxylic acids is 1. The fourth-order valence-corrected chi connectivity index (χ4v) is 4.37. The molecule has 0 aliphatic carbocycles. The van der Waals surface area contributed by atoms with Gasteiger partial charge in [0.05, 0.1) is 11.9 Å². The highest BCUT2D eigenvalue weighted by Gasteiger charge is 2.19. The molecule has 0 radical (unpaired) electrons. The van der Waals surface area contributed by atoms with Gasteiger partial charge in [0.25, 0.3) is 5.56 Å². The predicted molar refractivity (Wildman–Crippen MR) is 111 cm³/mol. The van der Waals surface area contributed by atoms with Crippen LogP contribution in [0.5, 0.6) is 5.75 Å². The summed E-state index contributed by atoms with van der Waals surface area (Å²) in [4.78, 5) is 26.4. The van der Waals surface area contributed by atoms with Crippen LogP contribution in [0.2, 0.25) is 5.15 Å². The number of halogens is 1. The quantitative estimate of drug-likeness (QED) is 0.464. The van der Waals surface area contributed by atoms with Crippen molar-refractivity contribution in [1.29, 1.82) is 5.26 Å². The van der Waals surface area contributed by atoms with E-state index in [1.54, 1.807) is 10.6 Å². The van der Waals surface area contributed by atoms with E-state index >= 15 is 0 Å². The van der Waals surface area contributed by atoms with Crippen molar-refractivity contribution in [2.45, 2.75) is 6.42 Å². The number of aromatic hydroxyl groups is 1. The van der Waals surface area contributed by atoms with E-state index in [0.29, 0.717) is 11.2 Å². The second-order valence-electron chi connectivity index (χ2n) is 6.35. The molecule has 0 fully saturated rings. The van der Waals surface area contributed by atoms with Gasteiger partial charge in [0.1, 0.15) is 16.7 Å². The van der Waals surface area contributed by atoms with Crippen LogP contribution in [-0.2, 0) is 11.2 Å². The van der Waals surface area contributed by atoms with Gasteiger partial charge >= 0.3 is 0 Å². The maximum absolute atomic E-state index is 11.9. The molecule has 144 valence electrons. The van der Waals surface area contributed by atoms with Gasteiger partial charge in [0, 0.05) is 10.6 Å². The summed E-state index contributed by atoms with van der Waals surface area (Å²) >= 11 is 7.80. The molecule has 0 saturated carbocycles. The Morgan fingerprint density at radius 1 is 1.28 bits per heavy atom. The molecule has 7 nitrogen and oxygen atoms in total. The Balaban J connectivity index is 1.78. The van der Waals surface area contributed by atoms with Crippen molar-refractivity contribution in [3.8, 4) is 28.6 Å². The van der Waals surface area contributed by atoms with Crippen LogP contribution < -0.4 is 11.3 Å². The highest BCUT2D eigenvalue weighted by atomic mass is 35.5. The van der Waals surface area contributed by atoms with E-state index in [1.165, 1.54) is 17.4 Å². The molecule has 1 amide bonds. The van der Waals surface area contributed by atoms with Gasteiger partial charge < -0.3 is 15.8 Å². The Morgan fingerprint density at radius 3 is 2.66 bits per heavy atom. The molecule has 4 aromatic rings. The van der Waals surface area contributed by atoms with Crippen LogP contribution in [0.15, 0.2) is 46.6 Å². The van der Waals surface area contributed by atoms with Crippen molar-refractivity contribution in [3.05, 3.63) is 67.7 Å². The van der Waals surface area contributed by atoms with E-state index in [9.17, 15) is 14.7 Å². The summed E-state index contributed by atoms with van der Waals surface area (Å²) in [6.45, 7) is 0. The van der Waals surface area contributed by atoms with Crippen LogP contribution in [0.4, 0.5) is 0 Å². The third-order valence-electron chi connectivity index (χ3n) is 4.47. The molecule has 0 aliphatic heterocycles. The van der Waals surface area contributed by atoms with E-state index in [1.807, 2.05) is 35.7 Å². The summed E-state index contributed by atoms with van der Waals surface area (Å²) in [6.07, 6.45) is 0.201. The van der Waals surface area contributed by atoms with Crippen LogP contribution in [0, 0.1) is 11.3 Å². The summed E-state index contributed by atoms with van der Waals surface area (Å²) in [6, 6.07) is 12.5. The summed E-state index contributed by atoms with van der Waals surface area (Å²) in [5, 5.41) is 21.8. The lowest BCUT2D eigenvalue weighted by Crippen LogP contribution is -2.12. The molecular weight excluding hydrogens is 412 g/mol. The standard InChI is InChI=1S/C20H13ClN4O3S/c21-16-7-15-18(19(27)14(8-22)20(28)24-15)25(16)12-3-1-10(2-4-12)11-5-13(29-9-11)6-17(23)26/h1-5,7,9H,6H2,(H2,23,26)(H2,24,27,28). The van der Waals surface area contributed by atoms with Crippen LogP contribution >= 0.6 is 22.9 Å². The first-order valence-corrected chi connectivity index (χ1v) is 9.67. The molecule has 0 spiro atoms. The number of nitrogens with one attached hydrogen (secondary N) is 1. The maximum Gasteiger partial charge on any atom is 0.270 e. The normalized spacial score (nSPS) is 10.9. The third kappa shape index (κ3) is 3.27. The van der Waals surface area contributed by atoms with Gasteiger partial charge in [-0.15, -0.1) is 11.3 Å². The first-order valence-electron chi connectivity index (χ1n) is 8.42. The summed E-state index contributed by atoms with van der Waals surface area (Å²) in [5.74, 6) is -0.798. The van der Waals surface area contributed by atoms with Gasteiger partial charge in [-0.2, -0.15) is 5.26 Å². The van der Waals surface area contributed by atoms with Crippen molar-refractivity contribution in [1.82, 2.24) is 9.55 Å². The van der Waals surface area contributed by atoms with Crippen LogP contribution in [0.1, 0.15) is 10.4 Å². The molecule has 1 aromatic carbocycles. The predicted octanol–water partition coefficient (Wildman–Crippen LogP) is 3.31. The lowest BCUT2D eigenvalue weighted by Gasteiger charge is -2.09. The number of fused-ring (bicyclic) bond motifs is 1. The zero-order valence-electron chi connectivity index (χ0n) is 14.8. The molecule has 0 unspecified atom stereocenters. The number of aromatic nitrogens is 2. The Hall–Kier alpha value is -3.54. The molecule has 9 heteroatoms. The monoisotopic (exact) mass is 424 g/mol. The number of thiophene rings is 1. The maximum atomic E-state index is 11.9. The number of carbonyl (C=O) groups is 1. The number of nitrogens with zero attached hydrogens (tertiary/aromatic N) is 2. The van der Waals surface area contributed by atoms with E-state index in [0.717, 1.165) is 16.0 Å². The number of aromatic amines is 1. The topological polar surface area (TPSA) is 125 Å². The fourth-order valence-electron chi connectivity index (χ4n) is 3.17. The SMILES string of the molecule is N#Cc1c(O)c2c(cc(Cl)n2-c2ccc(-c3csc(CC(N)=O)c3)cc2)[nH]c1=O. The molecule has 4 rings (SSSR count). The third-order valence-corrected chi connectivity index (χ3v) is 5.68. The number of hydrogen-bond acceptors (Lipinski definition) is 5. The molecule has 3 heterocycles. The summed E-state index contributed by atoms with van der Waals surface area (Å²) in [7, 11) is 0. The Morgan fingerprint density at radius 2 is 2.00 bits per heavy atom. The van der Waals surface area contributed by atoms with Crippen molar-refractivity contribution in [2.24, 2.45) is 5.73 Å². The number of benzene rings is 1. The second kappa shape index (κ2) is 7.13. The van der Waals surface area contributed by atoms with Gasteiger partial charge in [-0.05, 0) is 40.8 Å². The number of primary amides is 1. The zero-order chi connectivity index (χ0) is 20.7. The number of pyridine rings is 1. The summed E-state index contributed by atoms with van der Waals surface area (Å²) < 4.78 is 1.55. The average molecular weight is 425 g/mol. The van der Waals surface area contributed by atoms with Gasteiger partial charge in [0.2, 0.25) is 5.91 Å². The van der Waals surface area contributed by atoms with Crippen molar-refractivity contribution < 1.29 is 9.90 Å². The van der Waals surface area contributed by atoms with Crippen LogP contribution in [0.3, 0.4) is 0 Å². The zero-order valence-corrected chi connectivity index (χ0v) is 16.3. The largest absolute Gasteiger partial charge is 0.504 e. The highest BCUT2D eigenvalue weighted by molar-refractivity contribution is 7.10. The Labute approximate surface area is 173 Å². The number of H-pyrrole nitrogens is 1. The number of amides is 1. The molecule has 0 saturated heterocycles. The van der Waals surface area contributed by atoms with Gasteiger partial charge in [-0.25, -0.2) is 0 Å². The fraction of sp³-hybridized carbons (Fsp3) is 0.0500. The Kier molecular flexibility index (Phi) is 4.62. The minimum atomic E-state index is -0.675. The molecule has 0 bridgehead atoms. The molecule has 0 aliphatic rings. The van der Waals surface area contributed by atoms with Gasteiger partial charge in [0.15, 0.2) is 11.3 Å². The average Bonchev–Trinajstić information content (AvgIpc) is 3.25. The van der Waals surface area contributed by atoms with E-state index < -0.39 is 11.3 Å². The summed E-state index contributed by atoms with van der Waals surface area (Å²) in [5.41, 5.74) is 7.31. The van der Waals surface area contributed by atoms with Crippen molar-refractivity contribution in [2.75, 3.05) is 0 Å². The highest BCUT2D eigenvalue weighted by Crippen LogP contribution is 2.34. The molecule has 29 heavy (non-hydrogen) atoms. The first kappa shape index (κ1) is 18.8. The van der Waals surface area contributed by atoms with Gasteiger partial charge in [-0.1, -0.05) is 23.7 Å².